The topological polar surface area (TPSA) is 32.3 Å². The molecule has 0 aliphatic carbocycles. The number of hydrogen-bond acceptors (Lipinski definition) is 4. The Labute approximate surface area is 120 Å². The van der Waals surface area contributed by atoms with E-state index in [-0.39, 0.29) is 0 Å². The van der Waals surface area contributed by atoms with E-state index in [9.17, 15) is 0 Å². The summed E-state index contributed by atoms with van der Waals surface area (Å²) < 4.78 is 0. The molecule has 0 radical (unpaired) electrons. The Hall–Kier alpha value is -2.10. The molecule has 20 heavy (non-hydrogen) atoms. The summed E-state index contributed by atoms with van der Waals surface area (Å²) in [5.41, 5.74) is 2.71. The molecule has 0 spiro atoms. The number of aromatic nitrogens is 2. The molecule has 1 aromatic carbocycles. The van der Waals surface area contributed by atoms with Crippen LogP contribution in [0.2, 0.25) is 0 Å². The third-order valence-corrected chi connectivity index (χ3v) is 3.84. The van der Waals surface area contributed by atoms with Crippen LogP contribution in [0.5, 0.6) is 0 Å². The van der Waals surface area contributed by atoms with Crippen LogP contribution in [-0.4, -0.2) is 36.1 Å². The van der Waals surface area contributed by atoms with Crippen LogP contribution in [0.1, 0.15) is 12.0 Å². The van der Waals surface area contributed by atoms with Crippen molar-refractivity contribution in [3.63, 3.8) is 0 Å². The molecular formula is C16H20N4. The van der Waals surface area contributed by atoms with Crippen molar-refractivity contribution in [2.24, 2.45) is 0 Å². The van der Waals surface area contributed by atoms with Gasteiger partial charge in [0.1, 0.15) is 12.1 Å². The summed E-state index contributed by atoms with van der Waals surface area (Å²) in [5.74, 6) is 1.03. The van der Waals surface area contributed by atoms with Crippen LogP contribution in [0.4, 0.5) is 11.5 Å². The summed E-state index contributed by atoms with van der Waals surface area (Å²) >= 11 is 0. The number of aryl methyl sites for hydroxylation is 1. The fraction of sp³-hybridized carbons (Fsp3) is 0.375. The van der Waals surface area contributed by atoms with Gasteiger partial charge >= 0.3 is 0 Å². The van der Waals surface area contributed by atoms with Gasteiger partial charge in [-0.1, -0.05) is 18.2 Å². The third kappa shape index (κ3) is 2.74. The molecule has 0 N–H and O–H groups in total. The minimum atomic E-state index is 1.01. The van der Waals surface area contributed by atoms with E-state index in [0.29, 0.717) is 0 Å². The fourth-order valence-electron chi connectivity index (χ4n) is 2.78. The molecule has 1 aliphatic rings. The maximum absolute atomic E-state index is 4.36. The summed E-state index contributed by atoms with van der Waals surface area (Å²) in [4.78, 5) is 13.2. The SMILES string of the molecule is Cc1ccccc1N1CCCN(c2ccncn2)CC1. The van der Waals surface area contributed by atoms with Crippen molar-refractivity contribution < 1.29 is 0 Å². The molecule has 0 saturated carbocycles. The highest BCUT2D eigenvalue weighted by molar-refractivity contribution is 5.53. The molecule has 0 amide bonds. The first kappa shape index (κ1) is 12.9. The van der Waals surface area contributed by atoms with Gasteiger partial charge in [0.25, 0.3) is 0 Å². The lowest BCUT2D eigenvalue weighted by atomic mass is 10.2. The van der Waals surface area contributed by atoms with Gasteiger partial charge in [-0.2, -0.15) is 0 Å². The molecule has 4 nitrogen and oxygen atoms in total. The molecule has 4 heteroatoms. The normalized spacial score (nSPS) is 16.1. The smallest absolute Gasteiger partial charge is 0.131 e. The van der Waals surface area contributed by atoms with Crippen LogP contribution in [-0.2, 0) is 0 Å². The third-order valence-electron chi connectivity index (χ3n) is 3.84. The van der Waals surface area contributed by atoms with Crippen molar-refractivity contribution in [2.45, 2.75) is 13.3 Å². The highest BCUT2D eigenvalue weighted by Gasteiger charge is 2.16. The Balaban J connectivity index is 1.73. The first-order valence-electron chi connectivity index (χ1n) is 7.16. The predicted molar refractivity (Wildman–Crippen MR) is 82.3 cm³/mol. The molecular weight excluding hydrogens is 248 g/mol. The van der Waals surface area contributed by atoms with Gasteiger partial charge in [0.15, 0.2) is 0 Å². The van der Waals surface area contributed by atoms with Crippen molar-refractivity contribution in [1.82, 2.24) is 9.97 Å². The Morgan fingerprint density at radius 3 is 2.55 bits per heavy atom. The van der Waals surface area contributed by atoms with E-state index in [4.69, 9.17) is 0 Å². The van der Waals surface area contributed by atoms with Crippen LogP contribution in [0.25, 0.3) is 0 Å². The van der Waals surface area contributed by atoms with Gasteiger partial charge in [0.05, 0.1) is 0 Å². The van der Waals surface area contributed by atoms with E-state index in [0.717, 1.165) is 38.4 Å². The standard InChI is InChI=1S/C16H20N4/c1-14-5-2-3-6-15(14)19-9-4-10-20(12-11-19)16-7-8-17-13-18-16/h2-3,5-8,13H,4,9-12H2,1H3. The van der Waals surface area contributed by atoms with Crippen molar-refractivity contribution in [2.75, 3.05) is 36.0 Å². The Morgan fingerprint density at radius 1 is 0.950 bits per heavy atom. The van der Waals surface area contributed by atoms with Gasteiger partial charge in [-0.05, 0) is 31.0 Å². The molecule has 2 heterocycles. The van der Waals surface area contributed by atoms with Gasteiger partial charge in [0, 0.05) is 38.1 Å². The lowest BCUT2D eigenvalue weighted by Crippen LogP contribution is -2.31. The molecule has 104 valence electrons. The molecule has 1 saturated heterocycles. The molecule has 3 rings (SSSR count). The second-order valence-electron chi connectivity index (χ2n) is 5.18. The maximum Gasteiger partial charge on any atom is 0.131 e. The Morgan fingerprint density at radius 2 is 1.75 bits per heavy atom. The van der Waals surface area contributed by atoms with Crippen molar-refractivity contribution in [3.8, 4) is 0 Å². The van der Waals surface area contributed by atoms with Crippen molar-refractivity contribution in [1.29, 1.82) is 0 Å². The van der Waals surface area contributed by atoms with Gasteiger partial charge in [-0.3, -0.25) is 0 Å². The number of rotatable bonds is 2. The molecule has 0 unspecified atom stereocenters. The monoisotopic (exact) mass is 268 g/mol. The lowest BCUT2D eigenvalue weighted by molar-refractivity contribution is 0.795. The number of para-hydroxylation sites is 1. The van der Waals surface area contributed by atoms with Gasteiger partial charge in [-0.15, -0.1) is 0 Å². The molecule has 1 fully saturated rings. The average molecular weight is 268 g/mol. The van der Waals surface area contributed by atoms with Gasteiger partial charge in [0.2, 0.25) is 0 Å². The van der Waals surface area contributed by atoms with Gasteiger partial charge in [-0.25, -0.2) is 9.97 Å². The highest BCUT2D eigenvalue weighted by atomic mass is 15.2. The molecule has 1 aromatic heterocycles. The summed E-state index contributed by atoms with van der Waals surface area (Å²) in [6.45, 7) is 6.38. The minimum absolute atomic E-state index is 1.01. The van der Waals surface area contributed by atoms with E-state index < -0.39 is 0 Å². The summed E-state index contributed by atoms with van der Waals surface area (Å²) in [6, 6.07) is 10.6. The maximum atomic E-state index is 4.36. The van der Waals surface area contributed by atoms with E-state index in [2.05, 4.69) is 51.0 Å². The van der Waals surface area contributed by atoms with Crippen LogP contribution in [0, 0.1) is 6.92 Å². The minimum Gasteiger partial charge on any atom is -0.369 e. The number of benzene rings is 1. The van der Waals surface area contributed by atoms with Crippen molar-refractivity contribution >= 4 is 11.5 Å². The molecule has 2 aromatic rings. The first-order chi connectivity index (χ1) is 9.84. The quantitative estimate of drug-likeness (QED) is 0.837. The van der Waals surface area contributed by atoms with Crippen LogP contribution < -0.4 is 9.80 Å². The zero-order valence-corrected chi connectivity index (χ0v) is 11.9. The predicted octanol–water partition coefficient (Wildman–Crippen LogP) is 2.50. The zero-order chi connectivity index (χ0) is 13.8. The zero-order valence-electron chi connectivity index (χ0n) is 11.9. The largest absolute Gasteiger partial charge is 0.369 e. The van der Waals surface area contributed by atoms with E-state index in [1.807, 2.05) is 12.3 Å². The first-order valence-corrected chi connectivity index (χ1v) is 7.16. The van der Waals surface area contributed by atoms with Crippen LogP contribution in [0.15, 0.2) is 42.9 Å². The molecule has 0 atom stereocenters. The molecule has 1 aliphatic heterocycles. The summed E-state index contributed by atoms with van der Waals surface area (Å²) in [5, 5.41) is 0. The summed E-state index contributed by atoms with van der Waals surface area (Å²) in [7, 11) is 0. The summed E-state index contributed by atoms with van der Waals surface area (Å²) in [6.07, 6.45) is 4.59. The van der Waals surface area contributed by atoms with E-state index >= 15 is 0 Å². The van der Waals surface area contributed by atoms with Crippen LogP contribution in [0.3, 0.4) is 0 Å². The number of nitrogens with zero attached hydrogens (tertiary/aromatic N) is 4. The Bertz CT molecular complexity index is 555. The fourth-order valence-corrected chi connectivity index (χ4v) is 2.78. The Kier molecular flexibility index (Phi) is 3.81. The van der Waals surface area contributed by atoms with Gasteiger partial charge < -0.3 is 9.80 Å². The number of hydrogen-bond donors (Lipinski definition) is 0. The lowest BCUT2D eigenvalue weighted by Gasteiger charge is -2.25. The number of anilines is 2. The van der Waals surface area contributed by atoms with Crippen LogP contribution >= 0.6 is 0 Å². The average Bonchev–Trinajstić information content (AvgIpc) is 2.75. The van der Waals surface area contributed by atoms with E-state index in [1.165, 1.54) is 11.3 Å². The second-order valence-corrected chi connectivity index (χ2v) is 5.18. The molecule has 0 bridgehead atoms. The van der Waals surface area contributed by atoms with Crippen molar-refractivity contribution in [3.05, 3.63) is 48.4 Å². The van der Waals surface area contributed by atoms with E-state index in [1.54, 1.807) is 6.33 Å². The highest BCUT2D eigenvalue weighted by Crippen LogP contribution is 2.21. The second kappa shape index (κ2) is 5.90.